The molecule has 0 radical (unpaired) electrons. The third-order valence-corrected chi connectivity index (χ3v) is 3.98. The van der Waals surface area contributed by atoms with Gasteiger partial charge in [-0.2, -0.15) is 0 Å². The predicted molar refractivity (Wildman–Crippen MR) is 89.1 cm³/mol. The lowest BCUT2D eigenvalue weighted by molar-refractivity contribution is -0.140. The molecule has 0 saturated heterocycles. The number of aromatic nitrogens is 3. The Morgan fingerprint density at radius 2 is 2.09 bits per heavy atom. The smallest absolute Gasteiger partial charge is 0.320 e. The van der Waals surface area contributed by atoms with Gasteiger partial charge in [0.2, 0.25) is 0 Å². The van der Waals surface area contributed by atoms with Crippen molar-refractivity contribution in [1.29, 1.82) is 0 Å². The van der Waals surface area contributed by atoms with E-state index in [0.717, 1.165) is 5.69 Å². The standard InChI is InChI=1S/C15H18Cl2N4O2/c1-9(2)5-14(15(22)23)18-7-10-8-21(20-19-10)11-3-4-12(16)13(17)6-11/h3-4,6,8-9,14,18H,5,7H2,1-2H3,(H,22,23). The van der Waals surface area contributed by atoms with E-state index in [2.05, 4.69) is 15.6 Å². The second-order valence-corrected chi connectivity index (χ2v) is 6.47. The van der Waals surface area contributed by atoms with Crippen molar-refractivity contribution >= 4 is 29.2 Å². The van der Waals surface area contributed by atoms with Crippen LogP contribution < -0.4 is 5.32 Å². The first-order valence-corrected chi connectivity index (χ1v) is 7.95. The van der Waals surface area contributed by atoms with Gasteiger partial charge in [-0.1, -0.05) is 42.3 Å². The van der Waals surface area contributed by atoms with E-state index >= 15 is 0 Å². The van der Waals surface area contributed by atoms with Crippen LogP contribution in [0.25, 0.3) is 5.69 Å². The third kappa shape index (κ3) is 4.92. The number of aliphatic carboxylic acids is 1. The first kappa shape index (κ1) is 17.7. The molecule has 0 fully saturated rings. The van der Waals surface area contributed by atoms with Gasteiger partial charge in [-0.15, -0.1) is 5.10 Å². The normalized spacial score (nSPS) is 12.6. The molecule has 1 unspecified atom stereocenters. The molecule has 6 nitrogen and oxygen atoms in total. The quantitative estimate of drug-likeness (QED) is 0.796. The maximum atomic E-state index is 11.2. The minimum absolute atomic E-state index is 0.287. The van der Waals surface area contributed by atoms with Crippen LogP contribution in [0, 0.1) is 5.92 Å². The number of hydrogen-bond donors (Lipinski definition) is 2. The van der Waals surface area contributed by atoms with Gasteiger partial charge in [-0.25, -0.2) is 4.68 Å². The van der Waals surface area contributed by atoms with Crippen LogP contribution >= 0.6 is 23.2 Å². The van der Waals surface area contributed by atoms with Crippen molar-refractivity contribution in [3.63, 3.8) is 0 Å². The molecule has 0 saturated carbocycles. The summed E-state index contributed by atoms with van der Waals surface area (Å²) in [5.74, 6) is -0.578. The molecule has 0 bridgehead atoms. The molecule has 2 rings (SSSR count). The fourth-order valence-electron chi connectivity index (χ4n) is 2.10. The zero-order valence-electron chi connectivity index (χ0n) is 12.8. The van der Waals surface area contributed by atoms with Gasteiger partial charge >= 0.3 is 5.97 Å². The van der Waals surface area contributed by atoms with Gasteiger partial charge in [0.25, 0.3) is 0 Å². The van der Waals surface area contributed by atoms with Gasteiger partial charge in [0.15, 0.2) is 0 Å². The highest BCUT2D eigenvalue weighted by Crippen LogP contribution is 2.24. The van der Waals surface area contributed by atoms with E-state index < -0.39 is 12.0 Å². The average Bonchev–Trinajstić information content (AvgIpc) is 2.94. The Kier molecular flexibility index (Phi) is 5.98. The zero-order chi connectivity index (χ0) is 17.0. The Labute approximate surface area is 144 Å². The van der Waals surface area contributed by atoms with Crippen LogP contribution in [-0.4, -0.2) is 32.1 Å². The van der Waals surface area contributed by atoms with Crippen molar-refractivity contribution in [2.75, 3.05) is 0 Å². The number of benzene rings is 1. The molecule has 0 aliphatic rings. The number of rotatable bonds is 7. The monoisotopic (exact) mass is 356 g/mol. The molecule has 2 aromatic rings. The largest absolute Gasteiger partial charge is 0.480 e. The highest BCUT2D eigenvalue weighted by atomic mass is 35.5. The van der Waals surface area contributed by atoms with Gasteiger partial charge in [-0.05, 0) is 30.5 Å². The fraction of sp³-hybridized carbons (Fsp3) is 0.400. The van der Waals surface area contributed by atoms with E-state index in [1.165, 1.54) is 0 Å². The molecule has 0 amide bonds. The number of carboxylic acid groups (broad SMARTS) is 1. The number of nitrogens with one attached hydrogen (secondary N) is 1. The van der Waals surface area contributed by atoms with E-state index in [-0.39, 0.29) is 5.92 Å². The Bertz CT molecular complexity index is 688. The summed E-state index contributed by atoms with van der Waals surface area (Å²) in [6.45, 7) is 4.29. The summed E-state index contributed by atoms with van der Waals surface area (Å²) in [4.78, 5) is 11.2. The number of nitrogens with zero attached hydrogens (tertiary/aromatic N) is 3. The minimum Gasteiger partial charge on any atom is -0.480 e. The lowest BCUT2D eigenvalue weighted by Gasteiger charge is -2.15. The fourth-order valence-corrected chi connectivity index (χ4v) is 2.40. The van der Waals surface area contributed by atoms with E-state index in [4.69, 9.17) is 23.2 Å². The maximum absolute atomic E-state index is 11.2. The molecule has 1 aromatic heterocycles. The van der Waals surface area contributed by atoms with Crippen LogP contribution in [0.2, 0.25) is 10.0 Å². The summed E-state index contributed by atoms with van der Waals surface area (Å²) in [6, 6.07) is 4.54. The minimum atomic E-state index is -0.865. The molecule has 1 atom stereocenters. The SMILES string of the molecule is CC(C)CC(NCc1cn(-c2ccc(Cl)c(Cl)c2)nn1)C(=O)O. The number of halogens is 2. The molecule has 8 heteroatoms. The average molecular weight is 357 g/mol. The summed E-state index contributed by atoms with van der Waals surface area (Å²) in [5, 5.41) is 21.2. The van der Waals surface area contributed by atoms with Crippen molar-refractivity contribution in [2.24, 2.45) is 5.92 Å². The second kappa shape index (κ2) is 7.77. The Morgan fingerprint density at radius 1 is 1.35 bits per heavy atom. The third-order valence-electron chi connectivity index (χ3n) is 3.24. The molecule has 2 N–H and O–H groups in total. The number of carbonyl (C=O) groups is 1. The van der Waals surface area contributed by atoms with Gasteiger partial charge in [0.05, 0.1) is 27.6 Å². The Balaban J connectivity index is 2.04. The second-order valence-electron chi connectivity index (χ2n) is 5.65. The first-order valence-electron chi connectivity index (χ1n) is 7.19. The van der Waals surface area contributed by atoms with Crippen molar-refractivity contribution in [1.82, 2.24) is 20.3 Å². The van der Waals surface area contributed by atoms with Gasteiger partial charge < -0.3 is 5.11 Å². The van der Waals surface area contributed by atoms with Crippen LogP contribution in [0.15, 0.2) is 24.4 Å². The van der Waals surface area contributed by atoms with Gasteiger partial charge in [0, 0.05) is 6.54 Å². The molecule has 1 aromatic carbocycles. The summed E-state index contributed by atoms with van der Waals surface area (Å²) in [6.07, 6.45) is 2.27. The molecule has 0 aliphatic carbocycles. The zero-order valence-corrected chi connectivity index (χ0v) is 14.3. The Morgan fingerprint density at radius 3 is 2.70 bits per heavy atom. The van der Waals surface area contributed by atoms with Crippen LogP contribution in [0.5, 0.6) is 0 Å². The highest BCUT2D eigenvalue weighted by molar-refractivity contribution is 6.42. The topological polar surface area (TPSA) is 80.0 Å². The van der Waals surface area contributed by atoms with E-state index in [1.54, 1.807) is 29.1 Å². The molecule has 23 heavy (non-hydrogen) atoms. The van der Waals surface area contributed by atoms with Crippen molar-refractivity contribution < 1.29 is 9.90 Å². The number of hydrogen-bond acceptors (Lipinski definition) is 4. The molecule has 124 valence electrons. The molecule has 1 heterocycles. The Hall–Kier alpha value is -1.63. The summed E-state index contributed by atoms with van der Waals surface area (Å²) < 4.78 is 1.57. The lowest BCUT2D eigenvalue weighted by Crippen LogP contribution is -2.37. The molecule has 0 spiro atoms. The summed E-state index contributed by atoms with van der Waals surface area (Å²) in [7, 11) is 0. The van der Waals surface area contributed by atoms with E-state index in [0.29, 0.717) is 28.7 Å². The summed E-state index contributed by atoms with van der Waals surface area (Å²) >= 11 is 11.9. The molecular weight excluding hydrogens is 339 g/mol. The molecule has 0 aliphatic heterocycles. The van der Waals surface area contributed by atoms with E-state index in [1.807, 2.05) is 13.8 Å². The van der Waals surface area contributed by atoms with Crippen molar-refractivity contribution in [3.8, 4) is 5.69 Å². The van der Waals surface area contributed by atoms with Crippen molar-refractivity contribution in [2.45, 2.75) is 32.9 Å². The van der Waals surface area contributed by atoms with Gasteiger partial charge in [-0.3, -0.25) is 10.1 Å². The van der Waals surface area contributed by atoms with Crippen LogP contribution in [0.3, 0.4) is 0 Å². The van der Waals surface area contributed by atoms with Crippen molar-refractivity contribution in [3.05, 3.63) is 40.1 Å². The van der Waals surface area contributed by atoms with E-state index in [9.17, 15) is 9.90 Å². The van der Waals surface area contributed by atoms with Crippen LogP contribution in [0.4, 0.5) is 0 Å². The summed E-state index contributed by atoms with van der Waals surface area (Å²) in [5.41, 5.74) is 1.38. The van der Waals surface area contributed by atoms with Crippen LogP contribution in [0.1, 0.15) is 26.0 Å². The first-order chi connectivity index (χ1) is 10.9. The maximum Gasteiger partial charge on any atom is 0.320 e. The van der Waals surface area contributed by atoms with Gasteiger partial charge in [0.1, 0.15) is 6.04 Å². The highest BCUT2D eigenvalue weighted by Gasteiger charge is 2.18. The van der Waals surface area contributed by atoms with Crippen LogP contribution in [-0.2, 0) is 11.3 Å². The lowest BCUT2D eigenvalue weighted by atomic mass is 10.0. The number of carboxylic acids is 1. The predicted octanol–water partition coefficient (Wildman–Crippen LogP) is 3.16. The molecular formula is C15H18Cl2N4O2.